The predicted molar refractivity (Wildman–Crippen MR) is 399 cm³/mol. The number of hydrogen-bond acceptors (Lipinski definition) is 15. The number of phosphoric acid groups is 2. The molecule has 0 fully saturated rings. The van der Waals surface area contributed by atoms with Crippen LogP contribution in [0.25, 0.3) is 0 Å². The normalized spacial score (nSPS) is 14.8. The van der Waals surface area contributed by atoms with E-state index in [1.807, 2.05) is 30.4 Å². The number of carbonyl (C=O) groups excluding carboxylic acids is 4. The van der Waals surface area contributed by atoms with E-state index in [-0.39, 0.29) is 25.7 Å². The number of hydrogen-bond donors (Lipinski definition) is 3. The van der Waals surface area contributed by atoms with Crippen LogP contribution in [0.3, 0.4) is 0 Å². The second-order valence-electron chi connectivity index (χ2n) is 24.1. The molecule has 0 spiro atoms. The maximum absolute atomic E-state index is 13.0. The molecule has 0 radical (unpaired) electrons. The summed E-state index contributed by atoms with van der Waals surface area (Å²) >= 11 is 0. The van der Waals surface area contributed by atoms with E-state index < -0.39 is 97.5 Å². The molecule has 0 rings (SSSR count). The summed E-state index contributed by atoms with van der Waals surface area (Å²) in [5.41, 5.74) is 0. The van der Waals surface area contributed by atoms with Gasteiger partial charge in [-0.05, 0) is 109 Å². The molecule has 0 aromatic carbocycles. The molecule has 5 atom stereocenters. The topological polar surface area (TPSA) is 237 Å². The maximum Gasteiger partial charge on any atom is 0.472 e. The number of ether oxygens (including phenoxy) is 4. The van der Waals surface area contributed by atoms with Crippen molar-refractivity contribution in [2.75, 3.05) is 39.6 Å². The zero-order chi connectivity index (χ0) is 71.8. The Labute approximate surface area is 592 Å². The van der Waals surface area contributed by atoms with Crippen LogP contribution in [0.1, 0.15) is 272 Å². The lowest BCUT2D eigenvalue weighted by molar-refractivity contribution is -0.161. The van der Waals surface area contributed by atoms with Crippen molar-refractivity contribution in [3.8, 4) is 0 Å². The Morgan fingerprint density at radius 1 is 0.306 bits per heavy atom. The first kappa shape index (κ1) is 92.9. The van der Waals surface area contributed by atoms with E-state index in [2.05, 4.69) is 131 Å². The Balaban J connectivity index is 5.47. The van der Waals surface area contributed by atoms with Gasteiger partial charge in [0.2, 0.25) is 0 Å². The van der Waals surface area contributed by atoms with Crippen molar-refractivity contribution < 1.29 is 80.2 Å². The molecule has 0 aliphatic heterocycles. The van der Waals surface area contributed by atoms with Crippen LogP contribution in [0.5, 0.6) is 0 Å². The number of phosphoric ester groups is 2. The zero-order valence-corrected chi connectivity index (χ0v) is 62.4. The summed E-state index contributed by atoms with van der Waals surface area (Å²) in [5, 5.41) is 10.6. The van der Waals surface area contributed by atoms with E-state index in [0.717, 1.165) is 116 Å². The van der Waals surface area contributed by atoms with Gasteiger partial charge in [0.25, 0.3) is 0 Å². The van der Waals surface area contributed by atoms with Crippen molar-refractivity contribution in [1.29, 1.82) is 0 Å². The van der Waals surface area contributed by atoms with Crippen molar-refractivity contribution in [2.24, 2.45) is 0 Å². The molecule has 5 unspecified atom stereocenters. The minimum absolute atomic E-state index is 0.0122. The molecule has 0 aliphatic rings. The van der Waals surface area contributed by atoms with Gasteiger partial charge in [0, 0.05) is 19.3 Å². The first-order chi connectivity index (χ1) is 47.7. The number of allylic oxidation sites excluding steroid dienone is 23. The highest BCUT2D eigenvalue weighted by atomic mass is 31.2. The van der Waals surface area contributed by atoms with Gasteiger partial charge in [-0.3, -0.25) is 37.3 Å². The van der Waals surface area contributed by atoms with Gasteiger partial charge < -0.3 is 33.8 Å². The molecule has 98 heavy (non-hydrogen) atoms. The fourth-order valence-corrected chi connectivity index (χ4v) is 10.8. The van der Waals surface area contributed by atoms with Crippen LogP contribution in [0.4, 0.5) is 0 Å². The summed E-state index contributed by atoms with van der Waals surface area (Å²) in [7, 11) is -10.0. The van der Waals surface area contributed by atoms with Crippen molar-refractivity contribution >= 4 is 39.5 Å². The van der Waals surface area contributed by atoms with Crippen molar-refractivity contribution in [1.82, 2.24) is 0 Å². The number of unbranched alkanes of at least 4 members (excludes halogenated alkanes) is 19. The van der Waals surface area contributed by atoms with Crippen molar-refractivity contribution in [3.63, 3.8) is 0 Å². The molecule has 3 N–H and O–H groups in total. The fourth-order valence-electron chi connectivity index (χ4n) is 9.24. The van der Waals surface area contributed by atoms with Crippen LogP contribution < -0.4 is 0 Å². The van der Waals surface area contributed by atoms with Gasteiger partial charge in [0.1, 0.15) is 19.3 Å². The van der Waals surface area contributed by atoms with E-state index in [4.69, 9.17) is 37.0 Å². The average molecular weight is 1410 g/mol. The first-order valence-electron chi connectivity index (χ1n) is 37.1. The van der Waals surface area contributed by atoms with Crippen LogP contribution in [0.2, 0.25) is 0 Å². The number of carbonyl (C=O) groups is 4. The zero-order valence-electron chi connectivity index (χ0n) is 60.7. The number of esters is 4. The first-order valence-corrected chi connectivity index (χ1v) is 40.1. The van der Waals surface area contributed by atoms with Crippen LogP contribution in [-0.2, 0) is 65.4 Å². The maximum atomic E-state index is 13.0. The predicted octanol–water partition coefficient (Wildman–Crippen LogP) is 21.1. The number of aliphatic hydroxyl groups excluding tert-OH is 1. The van der Waals surface area contributed by atoms with Crippen LogP contribution in [0, 0.1) is 0 Å². The van der Waals surface area contributed by atoms with E-state index in [1.54, 1.807) is 12.2 Å². The van der Waals surface area contributed by atoms with E-state index in [1.165, 1.54) is 70.6 Å². The van der Waals surface area contributed by atoms with Crippen LogP contribution >= 0.6 is 15.6 Å². The third kappa shape index (κ3) is 69.4. The average Bonchev–Trinajstić information content (AvgIpc) is 0.992. The SMILES string of the molecule is CC/C=C\C/C=C\C/C=C\C/C=C\C/C=C\C/C=C\CCC(=O)OCC(COP(=O)(O)OCC(O)COP(=O)(O)OCC(COC(=O)CCCCCCCCCCCCCCC)OC(=O)CCCCCCC/C=C\CCCC)OC(=O)C/C=C\C/C=C\C/C=C\C/C=C\C/C=C\CC. The van der Waals surface area contributed by atoms with Gasteiger partial charge in [-0.15, -0.1) is 0 Å². The molecule has 0 aromatic heterocycles. The molecular formula is C79H130O17P2. The molecular weight excluding hydrogens is 1280 g/mol. The van der Waals surface area contributed by atoms with Gasteiger partial charge >= 0.3 is 39.5 Å². The largest absolute Gasteiger partial charge is 0.472 e. The summed E-state index contributed by atoms with van der Waals surface area (Å²) in [6, 6.07) is 0. The van der Waals surface area contributed by atoms with Gasteiger partial charge in [0.15, 0.2) is 12.2 Å². The third-order valence-corrected chi connectivity index (χ3v) is 16.7. The highest BCUT2D eigenvalue weighted by Gasteiger charge is 2.30. The van der Waals surface area contributed by atoms with Gasteiger partial charge in [0.05, 0.1) is 32.8 Å². The lowest BCUT2D eigenvalue weighted by Crippen LogP contribution is -2.30. The highest BCUT2D eigenvalue weighted by Crippen LogP contribution is 2.45. The van der Waals surface area contributed by atoms with Gasteiger partial charge in [-0.1, -0.05) is 283 Å². The molecule has 0 amide bonds. The van der Waals surface area contributed by atoms with E-state index in [9.17, 15) is 43.2 Å². The van der Waals surface area contributed by atoms with Crippen molar-refractivity contribution in [3.05, 3.63) is 146 Å². The third-order valence-electron chi connectivity index (χ3n) is 14.8. The Kier molecular flexibility index (Phi) is 66.7. The fraction of sp³-hybridized carbons (Fsp3) is 0.646. The second-order valence-corrected chi connectivity index (χ2v) is 27.0. The van der Waals surface area contributed by atoms with Gasteiger partial charge in [-0.25, -0.2) is 9.13 Å². The second kappa shape index (κ2) is 70.4. The van der Waals surface area contributed by atoms with Crippen LogP contribution in [-0.4, -0.2) is 96.7 Å². The Morgan fingerprint density at radius 3 is 1.00 bits per heavy atom. The smallest absolute Gasteiger partial charge is 0.462 e. The molecule has 0 bridgehead atoms. The Hall–Kier alpha value is -5.06. The standard InChI is InChI=1S/C79H130O17P2/c1-5-9-13-17-21-25-29-32-34-35-36-37-39-41-45-48-52-56-60-64-77(82)90-70-75(96-79(84)66-62-58-54-50-46-42-38-33-30-26-22-18-14-10-6-2)72-94-98(87,88)92-68-73(80)67-91-97(85,86)93-71-74(95-78(83)65-61-57-53-49-43-28-24-20-16-12-8-4)69-89-76(81)63-59-55-51-47-44-40-31-27-23-19-15-11-7-3/h9-10,13-14,20-22,24-26,32-34,36-38,41,45-46,50,52,56,58,62,73-75,80H,5-8,11-12,15-19,23,27-31,35,39-40,42-44,47-49,51,53-55,57,59-61,63-72H2,1-4H3,(H,85,86)(H,87,88)/b13-9-,14-10-,24-20-,25-21-,26-22-,34-32-,37-36-,38-33-,45-41-,50-46-,56-52-,62-58-. The monoisotopic (exact) mass is 1410 g/mol. The molecule has 19 heteroatoms. The minimum atomic E-state index is -5.02. The molecule has 0 aliphatic carbocycles. The van der Waals surface area contributed by atoms with Crippen LogP contribution in [0.15, 0.2) is 146 Å². The molecule has 0 saturated heterocycles. The van der Waals surface area contributed by atoms with Crippen molar-refractivity contribution in [2.45, 2.75) is 290 Å². The number of aliphatic hydroxyl groups is 1. The molecule has 0 saturated carbocycles. The molecule has 17 nitrogen and oxygen atoms in total. The lowest BCUT2D eigenvalue weighted by Gasteiger charge is -2.21. The summed E-state index contributed by atoms with van der Waals surface area (Å²) in [5.74, 6) is -2.44. The highest BCUT2D eigenvalue weighted by molar-refractivity contribution is 7.47. The molecule has 0 heterocycles. The summed E-state index contributed by atoms with van der Waals surface area (Å²) in [4.78, 5) is 72.6. The van der Waals surface area contributed by atoms with E-state index >= 15 is 0 Å². The summed E-state index contributed by atoms with van der Waals surface area (Å²) in [6.45, 7) is 4.37. The number of rotatable bonds is 68. The summed E-state index contributed by atoms with van der Waals surface area (Å²) < 4.78 is 68.1. The van der Waals surface area contributed by atoms with E-state index in [0.29, 0.717) is 32.1 Å². The summed E-state index contributed by atoms with van der Waals surface area (Å²) in [6.07, 6.45) is 79.0. The quantitative estimate of drug-likeness (QED) is 0.0169. The molecule has 0 aromatic rings. The minimum Gasteiger partial charge on any atom is -0.462 e. The Bertz CT molecular complexity index is 2430. The Morgan fingerprint density at radius 2 is 0.602 bits per heavy atom. The van der Waals surface area contributed by atoms with Gasteiger partial charge in [-0.2, -0.15) is 0 Å². The lowest BCUT2D eigenvalue weighted by atomic mass is 10.0. The molecule has 558 valence electrons.